The van der Waals surface area contributed by atoms with E-state index in [0.29, 0.717) is 6.42 Å². The van der Waals surface area contributed by atoms with Crippen molar-refractivity contribution in [2.24, 2.45) is 0 Å². The summed E-state index contributed by atoms with van der Waals surface area (Å²) in [6.45, 7) is 4.19. The van der Waals surface area contributed by atoms with Crippen LogP contribution in [-0.4, -0.2) is 42.3 Å². The molecule has 8 nitrogen and oxygen atoms in total. The Kier molecular flexibility index (Phi) is 5.05. The predicted octanol–water partition coefficient (Wildman–Crippen LogP) is 1.63. The maximum Gasteiger partial charge on any atom is 0.350 e. The van der Waals surface area contributed by atoms with Gasteiger partial charge in [0, 0.05) is 12.6 Å². The van der Waals surface area contributed by atoms with Gasteiger partial charge in [0.25, 0.3) is 0 Å². The molecule has 2 N–H and O–H groups in total. The molecular weight excluding hydrogens is 295 g/mol. The van der Waals surface area contributed by atoms with Gasteiger partial charge in [-0.15, -0.1) is 0 Å². The summed E-state index contributed by atoms with van der Waals surface area (Å²) in [6, 6.07) is 0.112. The maximum atomic E-state index is 10.7. The van der Waals surface area contributed by atoms with E-state index in [2.05, 4.69) is 15.0 Å². The molecule has 0 fully saturated rings. The van der Waals surface area contributed by atoms with Gasteiger partial charge in [0.05, 0.1) is 12.0 Å². The van der Waals surface area contributed by atoms with Gasteiger partial charge in [0.15, 0.2) is 5.65 Å². The third-order valence-electron chi connectivity index (χ3n) is 3.26. The molecule has 116 valence electrons. The molecule has 0 bridgehead atoms. The number of rotatable bonds is 7. The first-order chi connectivity index (χ1) is 9.92. The number of ether oxygens (including phenoxy) is 1. The first-order valence-electron chi connectivity index (χ1n) is 6.69. The molecule has 9 heteroatoms. The molecule has 0 aliphatic carbocycles. The normalized spacial score (nSPS) is 13.7. The molecule has 0 aliphatic heterocycles. The zero-order valence-electron chi connectivity index (χ0n) is 12.0. The molecule has 0 saturated heterocycles. The zero-order valence-corrected chi connectivity index (χ0v) is 12.9. The van der Waals surface area contributed by atoms with Gasteiger partial charge in [-0.2, -0.15) is 0 Å². The van der Waals surface area contributed by atoms with Crippen LogP contribution in [0.2, 0.25) is 0 Å². The summed E-state index contributed by atoms with van der Waals surface area (Å²) >= 11 is 0. The van der Waals surface area contributed by atoms with Crippen LogP contribution in [0.4, 0.5) is 0 Å². The van der Waals surface area contributed by atoms with E-state index in [0.717, 1.165) is 23.3 Å². The van der Waals surface area contributed by atoms with Crippen molar-refractivity contribution in [3.8, 4) is 0 Å². The predicted molar refractivity (Wildman–Crippen MR) is 76.9 cm³/mol. The number of fused-ring (bicyclic) bond motifs is 1. The molecule has 0 saturated carbocycles. The second-order valence-electron chi connectivity index (χ2n) is 4.84. The topological polar surface area (TPSA) is 110 Å². The Morgan fingerprint density at radius 1 is 1.38 bits per heavy atom. The highest BCUT2D eigenvalue weighted by Crippen LogP contribution is 2.34. The van der Waals surface area contributed by atoms with Crippen molar-refractivity contribution < 1.29 is 19.1 Å². The summed E-state index contributed by atoms with van der Waals surface area (Å²) in [4.78, 5) is 30.2. The van der Waals surface area contributed by atoms with Crippen LogP contribution in [0.25, 0.3) is 11.2 Å². The molecule has 2 heterocycles. The van der Waals surface area contributed by atoms with E-state index in [9.17, 15) is 4.57 Å². The molecule has 2 aromatic heterocycles. The smallest absolute Gasteiger partial charge is 0.350 e. The van der Waals surface area contributed by atoms with Crippen molar-refractivity contribution in [1.29, 1.82) is 0 Å². The number of imidazole rings is 1. The highest BCUT2D eigenvalue weighted by molar-refractivity contribution is 7.51. The summed E-state index contributed by atoms with van der Waals surface area (Å²) in [7, 11) is -4.10. The van der Waals surface area contributed by atoms with E-state index in [4.69, 9.17) is 14.5 Å². The molecule has 2 aromatic rings. The first-order valence-corrected chi connectivity index (χ1v) is 8.48. The fraction of sp³-hybridized carbons (Fsp3) is 0.583. The van der Waals surface area contributed by atoms with Crippen molar-refractivity contribution in [3.63, 3.8) is 0 Å². The molecule has 1 atom stereocenters. The van der Waals surface area contributed by atoms with Crippen LogP contribution < -0.4 is 0 Å². The molecule has 1 unspecified atom stereocenters. The standard InChI is InChI=1S/C12H19N4O4P/c1-3-10(4-5-20-8-21(17,18)19)16-7-15-11-9(2)13-6-14-12(11)16/h6-7,10H,3-5,8H2,1-2H3,(H2,17,18,19). The zero-order chi connectivity index (χ0) is 15.5. The van der Waals surface area contributed by atoms with Crippen LogP contribution in [-0.2, 0) is 9.30 Å². The van der Waals surface area contributed by atoms with E-state index >= 15 is 0 Å². The SMILES string of the molecule is CCC(CCOCP(=O)(O)O)n1cnc2c(C)ncnc21. The molecule has 21 heavy (non-hydrogen) atoms. The second kappa shape index (κ2) is 6.62. The van der Waals surface area contributed by atoms with Crippen LogP contribution in [0.5, 0.6) is 0 Å². The Bertz CT molecular complexity index is 654. The van der Waals surface area contributed by atoms with Gasteiger partial charge in [-0.25, -0.2) is 15.0 Å². The van der Waals surface area contributed by atoms with Gasteiger partial charge < -0.3 is 19.1 Å². The summed E-state index contributed by atoms with van der Waals surface area (Å²) < 4.78 is 17.7. The monoisotopic (exact) mass is 314 g/mol. The van der Waals surface area contributed by atoms with Crippen molar-refractivity contribution in [2.45, 2.75) is 32.7 Å². The minimum Gasteiger partial charge on any atom is -0.369 e. The fourth-order valence-corrected chi connectivity index (χ4v) is 2.55. The van der Waals surface area contributed by atoms with Gasteiger partial charge in [-0.1, -0.05) is 6.92 Å². The lowest BCUT2D eigenvalue weighted by molar-refractivity contribution is 0.142. The van der Waals surface area contributed by atoms with E-state index in [-0.39, 0.29) is 12.6 Å². The third kappa shape index (κ3) is 4.07. The van der Waals surface area contributed by atoms with Crippen molar-refractivity contribution in [1.82, 2.24) is 19.5 Å². The average molecular weight is 314 g/mol. The minimum absolute atomic E-state index is 0.112. The number of hydrogen-bond acceptors (Lipinski definition) is 5. The van der Waals surface area contributed by atoms with Gasteiger partial charge in [-0.05, 0) is 19.8 Å². The van der Waals surface area contributed by atoms with E-state index in [1.165, 1.54) is 6.33 Å². The quantitative estimate of drug-likeness (QED) is 0.590. The lowest BCUT2D eigenvalue weighted by Crippen LogP contribution is -2.11. The second-order valence-corrected chi connectivity index (χ2v) is 6.42. The van der Waals surface area contributed by atoms with Crippen LogP contribution in [0, 0.1) is 6.92 Å². The Balaban J connectivity index is 2.06. The Labute approximate surface area is 122 Å². The molecule has 0 aromatic carbocycles. The minimum atomic E-state index is -4.10. The molecular formula is C12H19N4O4P. The summed E-state index contributed by atoms with van der Waals surface area (Å²) in [5.41, 5.74) is 2.36. The summed E-state index contributed by atoms with van der Waals surface area (Å²) in [5, 5.41) is 0. The molecule has 0 amide bonds. The maximum absolute atomic E-state index is 10.7. The molecule has 2 rings (SSSR count). The Morgan fingerprint density at radius 3 is 2.81 bits per heavy atom. The van der Waals surface area contributed by atoms with Crippen LogP contribution in [0.15, 0.2) is 12.7 Å². The number of nitrogens with zero attached hydrogens (tertiary/aromatic N) is 4. The largest absolute Gasteiger partial charge is 0.369 e. The average Bonchev–Trinajstić information content (AvgIpc) is 2.83. The van der Waals surface area contributed by atoms with Gasteiger partial charge in [0.1, 0.15) is 18.2 Å². The van der Waals surface area contributed by atoms with Crippen molar-refractivity contribution in [2.75, 3.05) is 13.0 Å². The van der Waals surface area contributed by atoms with Crippen molar-refractivity contribution >= 4 is 18.8 Å². The first kappa shape index (κ1) is 16.0. The van der Waals surface area contributed by atoms with Gasteiger partial charge in [0.2, 0.25) is 0 Å². The Hall–Kier alpha value is -1.34. The van der Waals surface area contributed by atoms with E-state index in [1.807, 2.05) is 18.4 Å². The number of hydrogen-bond donors (Lipinski definition) is 2. The number of aromatic nitrogens is 4. The lowest BCUT2D eigenvalue weighted by Gasteiger charge is -2.17. The summed E-state index contributed by atoms with van der Waals surface area (Å²) in [6.07, 6.45) is 4.16. The molecule has 0 radical (unpaired) electrons. The Morgan fingerprint density at radius 2 is 2.14 bits per heavy atom. The highest BCUT2D eigenvalue weighted by Gasteiger charge is 2.16. The van der Waals surface area contributed by atoms with Crippen LogP contribution >= 0.6 is 7.60 Å². The number of aryl methyl sites for hydroxylation is 1. The fourth-order valence-electron chi connectivity index (χ4n) is 2.18. The molecule has 0 spiro atoms. The van der Waals surface area contributed by atoms with Crippen molar-refractivity contribution in [3.05, 3.63) is 18.3 Å². The lowest BCUT2D eigenvalue weighted by atomic mass is 10.1. The highest BCUT2D eigenvalue weighted by atomic mass is 31.2. The van der Waals surface area contributed by atoms with E-state index < -0.39 is 13.9 Å². The summed E-state index contributed by atoms with van der Waals surface area (Å²) in [5.74, 6) is 0. The van der Waals surface area contributed by atoms with Crippen LogP contribution in [0.3, 0.4) is 0 Å². The van der Waals surface area contributed by atoms with E-state index in [1.54, 1.807) is 6.33 Å². The van der Waals surface area contributed by atoms with Gasteiger partial charge in [-0.3, -0.25) is 4.57 Å². The molecule has 0 aliphatic rings. The third-order valence-corrected chi connectivity index (χ3v) is 3.78. The van der Waals surface area contributed by atoms with Crippen LogP contribution in [0.1, 0.15) is 31.5 Å². The van der Waals surface area contributed by atoms with Gasteiger partial charge >= 0.3 is 7.60 Å².